The summed E-state index contributed by atoms with van der Waals surface area (Å²) in [5, 5.41) is 9.53. The lowest BCUT2D eigenvalue weighted by Gasteiger charge is -2.16. The highest BCUT2D eigenvalue weighted by atomic mass is 16.5. The number of likely N-dealkylation sites (tertiary alicyclic amines) is 1. The van der Waals surface area contributed by atoms with E-state index in [1.54, 1.807) is 11.8 Å². The van der Waals surface area contributed by atoms with E-state index in [-0.39, 0.29) is 12.0 Å². The Balaban J connectivity index is 1.57. The van der Waals surface area contributed by atoms with Gasteiger partial charge in [-0.3, -0.25) is 14.6 Å². The van der Waals surface area contributed by atoms with Crippen molar-refractivity contribution in [2.45, 2.75) is 18.6 Å². The van der Waals surface area contributed by atoms with Crippen molar-refractivity contribution in [3.8, 4) is 0 Å². The molecule has 2 atom stereocenters. The summed E-state index contributed by atoms with van der Waals surface area (Å²) in [4.78, 5) is 6.97. The molecule has 0 spiro atoms. The third kappa shape index (κ3) is 2.79. The van der Waals surface area contributed by atoms with E-state index in [1.807, 2.05) is 25.5 Å². The zero-order chi connectivity index (χ0) is 16.5. The summed E-state index contributed by atoms with van der Waals surface area (Å²) in [6.45, 7) is 2.67. The molecule has 6 heteroatoms. The van der Waals surface area contributed by atoms with Gasteiger partial charge in [0.25, 0.3) is 0 Å². The van der Waals surface area contributed by atoms with Gasteiger partial charge in [0.2, 0.25) is 0 Å². The number of nitrogens with zero attached hydrogens (tertiary/aromatic N) is 5. The number of aromatic nitrogens is 4. The van der Waals surface area contributed by atoms with E-state index in [4.69, 9.17) is 4.74 Å². The molecule has 1 saturated heterocycles. The standard InChI is InChI=1S/C18H21N5O/c1-22-11-16(20-21-22)15-10-23(12-17(15)24-2)9-14-6-3-5-13-7-4-8-19-18(13)14/h3-8,11,15,17H,9-10,12H2,1-2H3/t15-,17+/m0/s1. The smallest absolute Gasteiger partial charge is 0.0897 e. The Labute approximate surface area is 141 Å². The third-order valence-corrected chi connectivity index (χ3v) is 4.76. The van der Waals surface area contributed by atoms with Crippen molar-refractivity contribution in [3.05, 3.63) is 54.0 Å². The van der Waals surface area contributed by atoms with Gasteiger partial charge in [0.15, 0.2) is 0 Å². The highest BCUT2D eigenvalue weighted by Crippen LogP contribution is 2.30. The molecule has 1 fully saturated rings. The third-order valence-electron chi connectivity index (χ3n) is 4.76. The van der Waals surface area contributed by atoms with Crippen molar-refractivity contribution >= 4 is 10.9 Å². The van der Waals surface area contributed by atoms with Gasteiger partial charge in [-0.1, -0.05) is 29.5 Å². The van der Waals surface area contributed by atoms with E-state index in [2.05, 4.69) is 44.5 Å². The minimum Gasteiger partial charge on any atom is -0.379 e. The Morgan fingerprint density at radius 2 is 2.08 bits per heavy atom. The van der Waals surface area contributed by atoms with Gasteiger partial charge in [0.1, 0.15) is 0 Å². The summed E-state index contributed by atoms with van der Waals surface area (Å²) in [5.41, 5.74) is 3.34. The van der Waals surface area contributed by atoms with Gasteiger partial charge in [-0.2, -0.15) is 0 Å². The summed E-state index contributed by atoms with van der Waals surface area (Å²) in [6, 6.07) is 10.5. The van der Waals surface area contributed by atoms with Gasteiger partial charge < -0.3 is 4.74 Å². The first-order valence-corrected chi connectivity index (χ1v) is 8.18. The highest BCUT2D eigenvalue weighted by Gasteiger charge is 2.35. The van der Waals surface area contributed by atoms with Crippen LogP contribution in [0.1, 0.15) is 17.2 Å². The van der Waals surface area contributed by atoms with Crippen LogP contribution in [0.15, 0.2) is 42.7 Å². The lowest BCUT2D eigenvalue weighted by Crippen LogP contribution is -2.22. The molecule has 3 aromatic rings. The maximum Gasteiger partial charge on any atom is 0.0897 e. The number of para-hydroxylation sites is 1. The molecule has 0 amide bonds. The van der Waals surface area contributed by atoms with E-state index in [0.717, 1.165) is 30.8 Å². The van der Waals surface area contributed by atoms with E-state index in [9.17, 15) is 0 Å². The largest absolute Gasteiger partial charge is 0.379 e. The second kappa shape index (κ2) is 6.30. The van der Waals surface area contributed by atoms with Gasteiger partial charge in [0, 0.05) is 57.5 Å². The van der Waals surface area contributed by atoms with Crippen LogP contribution in [0.5, 0.6) is 0 Å². The fourth-order valence-electron chi connectivity index (χ4n) is 3.57. The molecule has 0 saturated carbocycles. The molecule has 24 heavy (non-hydrogen) atoms. The average molecular weight is 323 g/mol. The number of aryl methyl sites for hydroxylation is 1. The average Bonchev–Trinajstić information content (AvgIpc) is 3.21. The fraction of sp³-hybridized carbons (Fsp3) is 0.389. The van der Waals surface area contributed by atoms with Crippen LogP contribution < -0.4 is 0 Å². The molecule has 4 rings (SSSR count). The van der Waals surface area contributed by atoms with Crippen molar-refractivity contribution in [3.63, 3.8) is 0 Å². The number of fused-ring (bicyclic) bond motifs is 1. The molecular weight excluding hydrogens is 302 g/mol. The van der Waals surface area contributed by atoms with Crippen LogP contribution in [-0.4, -0.2) is 51.2 Å². The van der Waals surface area contributed by atoms with Crippen molar-refractivity contribution in [2.75, 3.05) is 20.2 Å². The molecule has 0 aliphatic carbocycles. The summed E-state index contributed by atoms with van der Waals surface area (Å²) in [7, 11) is 3.67. The van der Waals surface area contributed by atoms with E-state index >= 15 is 0 Å². The first kappa shape index (κ1) is 15.2. The van der Waals surface area contributed by atoms with Gasteiger partial charge in [0.05, 0.1) is 17.3 Å². The van der Waals surface area contributed by atoms with Crippen molar-refractivity contribution in [1.29, 1.82) is 0 Å². The molecule has 2 aromatic heterocycles. The predicted octanol–water partition coefficient (Wildman–Crippen LogP) is 1.98. The number of rotatable bonds is 4. The molecule has 0 bridgehead atoms. The van der Waals surface area contributed by atoms with Crippen LogP contribution in [0, 0.1) is 0 Å². The number of ether oxygens (including phenoxy) is 1. The first-order valence-electron chi connectivity index (χ1n) is 8.18. The molecule has 1 aliphatic rings. The SMILES string of the molecule is CO[C@@H]1CN(Cc2cccc3cccnc23)C[C@H]1c1cn(C)nn1. The maximum atomic E-state index is 5.71. The molecule has 0 N–H and O–H groups in total. The molecule has 0 radical (unpaired) electrons. The second-order valence-corrected chi connectivity index (χ2v) is 6.38. The first-order chi connectivity index (χ1) is 11.7. The topological polar surface area (TPSA) is 56.1 Å². The van der Waals surface area contributed by atoms with Crippen LogP contribution in [-0.2, 0) is 18.3 Å². The van der Waals surface area contributed by atoms with Crippen LogP contribution in [0.25, 0.3) is 10.9 Å². The van der Waals surface area contributed by atoms with Gasteiger partial charge in [-0.15, -0.1) is 5.10 Å². The lowest BCUT2D eigenvalue weighted by molar-refractivity contribution is 0.0958. The lowest BCUT2D eigenvalue weighted by atomic mass is 10.0. The molecule has 1 aliphatic heterocycles. The zero-order valence-electron chi connectivity index (χ0n) is 14.0. The van der Waals surface area contributed by atoms with Crippen LogP contribution in [0.2, 0.25) is 0 Å². The summed E-state index contributed by atoms with van der Waals surface area (Å²) in [6.07, 6.45) is 3.99. The number of hydrogen-bond acceptors (Lipinski definition) is 5. The Kier molecular flexibility index (Phi) is 4.00. The number of hydrogen-bond donors (Lipinski definition) is 0. The molecule has 3 heterocycles. The monoisotopic (exact) mass is 323 g/mol. The Hall–Kier alpha value is -2.31. The van der Waals surface area contributed by atoms with Gasteiger partial charge >= 0.3 is 0 Å². The quantitative estimate of drug-likeness (QED) is 0.735. The van der Waals surface area contributed by atoms with Gasteiger partial charge in [-0.05, 0) is 11.6 Å². The van der Waals surface area contributed by atoms with Crippen LogP contribution >= 0.6 is 0 Å². The Morgan fingerprint density at radius 3 is 2.88 bits per heavy atom. The van der Waals surface area contributed by atoms with Crippen molar-refractivity contribution in [1.82, 2.24) is 24.9 Å². The fourth-order valence-corrected chi connectivity index (χ4v) is 3.57. The Bertz CT molecular complexity index is 841. The van der Waals surface area contributed by atoms with E-state index in [1.165, 1.54) is 10.9 Å². The molecular formula is C18H21N5O. The second-order valence-electron chi connectivity index (χ2n) is 6.38. The summed E-state index contributed by atoms with van der Waals surface area (Å²) < 4.78 is 7.46. The minimum absolute atomic E-state index is 0.143. The van der Waals surface area contributed by atoms with E-state index < -0.39 is 0 Å². The number of methoxy groups -OCH3 is 1. The minimum atomic E-state index is 0.143. The molecule has 1 aromatic carbocycles. The van der Waals surface area contributed by atoms with Crippen LogP contribution in [0.3, 0.4) is 0 Å². The molecule has 6 nitrogen and oxygen atoms in total. The van der Waals surface area contributed by atoms with Crippen molar-refractivity contribution in [2.24, 2.45) is 7.05 Å². The molecule has 124 valence electrons. The zero-order valence-corrected chi connectivity index (χ0v) is 14.0. The van der Waals surface area contributed by atoms with Gasteiger partial charge in [-0.25, -0.2) is 0 Å². The maximum absolute atomic E-state index is 5.71. The highest BCUT2D eigenvalue weighted by molar-refractivity contribution is 5.81. The summed E-state index contributed by atoms with van der Waals surface area (Å²) >= 11 is 0. The predicted molar refractivity (Wildman–Crippen MR) is 91.6 cm³/mol. The number of pyridine rings is 1. The normalized spacial score (nSPS) is 21.6. The Morgan fingerprint density at radius 1 is 1.21 bits per heavy atom. The van der Waals surface area contributed by atoms with E-state index in [0.29, 0.717) is 0 Å². The number of benzene rings is 1. The summed E-state index contributed by atoms with van der Waals surface area (Å²) in [5.74, 6) is 0.256. The van der Waals surface area contributed by atoms with Crippen molar-refractivity contribution < 1.29 is 4.74 Å². The molecule has 0 unspecified atom stereocenters. The van der Waals surface area contributed by atoms with Crippen LogP contribution in [0.4, 0.5) is 0 Å².